The number of amides is 3. The van der Waals surface area contributed by atoms with Crippen molar-refractivity contribution < 1.29 is 27.2 Å². The summed E-state index contributed by atoms with van der Waals surface area (Å²) in [6.07, 6.45) is 1.82. The first-order valence-electron chi connectivity index (χ1n) is 8.71. The highest BCUT2D eigenvalue weighted by Crippen LogP contribution is 2.32. The number of sulfone groups is 1. The fourth-order valence-electron chi connectivity index (χ4n) is 3.23. The Labute approximate surface area is 166 Å². The molecule has 0 unspecified atom stereocenters. The number of likely N-dealkylation sites (N-methyl/N-ethyl adjacent to an activating group) is 1. The van der Waals surface area contributed by atoms with Gasteiger partial charge in [-0.3, -0.25) is 19.3 Å². The lowest BCUT2D eigenvalue weighted by atomic mass is 10.2. The molecule has 1 atom stereocenters. The van der Waals surface area contributed by atoms with Gasteiger partial charge in [0.05, 0.1) is 16.4 Å². The molecule has 2 fully saturated rings. The van der Waals surface area contributed by atoms with E-state index in [1.165, 1.54) is 35.2 Å². The Morgan fingerprint density at radius 2 is 2.00 bits per heavy atom. The molecule has 0 aromatic heterocycles. The summed E-state index contributed by atoms with van der Waals surface area (Å²) in [4.78, 5) is 39.8. The molecule has 0 bridgehead atoms. The zero-order chi connectivity index (χ0) is 20.5. The molecule has 10 heteroatoms. The number of benzene rings is 1. The molecule has 0 spiro atoms. The average molecular weight is 426 g/mol. The third-order valence-corrected chi connectivity index (χ3v) is 7.30. The number of hydrogen-bond donors (Lipinski definition) is 0. The second kappa shape index (κ2) is 8.04. The van der Waals surface area contributed by atoms with Crippen molar-refractivity contribution in [1.29, 1.82) is 0 Å². The molecule has 28 heavy (non-hydrogen) atoms. The van der Waals surface area contributed by atoms with Crippen LogP contribution in [0.3, 0.4) is 0 Å². The summed E-state index contributed by atoms with van der Waals surface area (Å²) in [6, 6.07) is 5.02. The number of halogens is 1. The van der Waals surface area contributed by atoms with E-state index in [0.29, 0.717) is 30.3 Å². The van der Waals surface area contributed by atoms with Gasteiger partial charge < -0.3 is 4.90 Å². The van der Waals surface area contributed by atoms with E-state index in [0.717, 1.165) is 4.90 Å². The maximum Gasteiger partial charge on any atom is 0.294 e. The number of hydrogen-bond acceptors (Lipinski definition) is 6. The lowest BCUT2D eigenvalue weighted by Gasteiger charge is -2.28. The van der Waals surface area contributed by atoms with Crippen molar-refractivity contribution in [3.05, 3.63) is 40.6 Å². The van der Waals surface area contributed by atoms with Gasteiger partial charge in [0.1, 0.15) is 12.4 Å². The van der Waals surface area contributed by atoms with E-state index in [1.54, 1.807) is 6.92 Å². The molecule has 0 radical (unpaired) electrons. The molecule has 3 amide bonds. The van der Waals surface area contributed by atoms with Gasteiger partial charge >= 0.3 is 0 Å². The zero-order valence-corrected chi connectivity index (χ0v) is 16.8. The van der Waals surface area contributed by atoms with Crippen LogP contribution < -0.4 is 0 Å². The quantitative estimate of drug-likeness (QED) is 0.668. The second-order valence-electron chi connectivity index (χ2n) is 6.56. The monoisotopic (exact) mass is 426 g/mol. The molecular formula is C18H19FN2O5S2. The van der Waals surface area contributed by atoms with Gasteiger partial charge in [0, 0.05) is 12.6 Å². The molecule has 3 rings (SSSR count). The molecule has 2 heterocycles. The van der Waals surface area contributed by atoms with Crippen LogP contribution in [0.4, 0.5) is 9.18 Å². The molecular weight excluding hydrogens is 407 g/mol. The lowest BCUT2D eigenvalue weighted by molar-refractivity contribution is -0.137. The minimum absolute atomic E-state index is 0.0312. The number of nitrogens with zero attached hydrogens (tertiary/aromatic N) is 2. The Morgan fingerprint density at radius 3 is 2.57 bits per heavy atom. The largest absolute Gasteiger partial charge is 0.337 e. The van der Waals surface area contributed by atoms with Gasteiger partial charge in [0.15, 0.2) is 9.84 Å². The molecule has 0 N–H and O–H groups in total. The zero-order valence-electron chi connectivity index (χ0n) is 15.1. The van der Waals surface area contributed by atoms with Gasteiger partial charge in [-0.2, -0.15) is 0 Å². The Kier molecular flexibility index (Phi) is 5.90. The van der Waals surface area contributed by atoms with Crippen LogP contribution >= 0.6 is 11.8 Å². The summed E-state index contributed by atoms with van der Waals surface area (Å²) in [6.45, 7) is 1.58. The molecule has 1 aromatic carbocycles. The molecule has 2 aliphatic heterocycles. The standard InChI is InChI=1S/C18H19FN2O5S2/c1-2-20(14-7-8-28(25,26)11-14)16(22)10-21-17(23)15(27-18(21)24)9-12-3-5-13(19)6-4-12/h3-6,9,14H,2,7-8,10-11H2,1H3/b15-9-/t14-/m0/s1. The Bertz CT molecular complexity index is 943. The number of carbonyl (C=O) groups excluding carboxylic acids is 3. The van der Waals surface area contributed by atoms with Gasteiger partial charge in [0.2, 0.25) is 5.91 Å². The van der Waals surface area contributed by atoms with E-state index >= 15 is 0 Å². The molecule has 0 saturated carbocycles. The minimum atomic E-state index is -3.16. The van der Waals surface area contributed by atoms with Crippen LogP contribution in [0, 0.1) is 5.82 Å². The van der Waals surface area contributed by atoms with Gasteiger partial charge in [-0.1, -0.05) is 12.1 Å². The molecule has 7 nitrogen and oxygen atoms in total. The Morgan fingerprint density at radius 1 is 1.32 bits per heavy atom. The van der Waals surface area contributed by atoms with Gasteiger partial charge in [-0.05, 0) is 48.9 Å². The van der Waals surface area contributed by atoms with E-state index in [1.807, 2.05) is 0 Å². The van der Waals surface area contributed by atoms with Gasteiger partial charge in [-0.25, -0.2) is 12.8 Å². The normalized spacial score (nSPS) is 22.9. The van der Waals surface area contributed by atoms with E-state index in [4.69, 9.17) is 0 Å². The van der Waals surface area contributed by atoms with Crippen molar-refractivity contribution in [2.24, 2.45) is 0 Å². The highest BCUT2D eigenvalue weighted by Gasteiger charge is 2.39. The predicted octanol–water partition coefficient (Wildman–Crippen LogP) is 1.90. The van der Waals surface area contributed by atoms with Crippen molar-refractivity contribution in [1.82, 2.24) is 9.80 Å². The van der Waals surface area contributed by atoms with Crippen molar-refractivity contribution in [2.75, 3.05) is 24.6 Å². The lowest BCUT2D eigenvalue weighted by Crippen LogP contribution is -2.47. The summed E-state index contributed by atoms with van der Waals surface area (Å²) < 4.78 is 36.4. The second-order valence-corrected chi connectivity index (χ2v) is 9.78. The van der Waals surface area contributed by atoms with Crippen LogP contribution in [0.5, 0.6) is 0 Å². The SMILES string of the molecule is CCN(C(=O)CN1C(=O)S/C(=C\c2ccc(F)cc2)C1=O)[C@H]1CCS(=O)(=O)C1. The maximum atomic E-state index is 13.0. The van der Waals surface area contributed by atoms with Crippen LogP contribution in [0.25, 0.3) is 6.08 Å². The summed E-state index contributed by atoms with van der Waals surface area (Å²) in [5.41, 5.74) is 0.560. The predicted molar refractivity (Wildman–Crippen MR) is 104 cm³/mol. The average Bonchev–Trinajstić information content (AvgIpc) is 3.11. The van der Waals surface area contributed by atoms with Crippen LogP contribution in [0.2, 0.25) is 0 Å². The van der Waals surface area contributed by atoms with Crippen molar-refractivity contribution >= 4 is 44.7 Å². The van der Waals surface area contributed by atoms with Crippen molar-refractivity contribution in [3.63, 3.8) is 0 Å². The fourth-order valence-corrected chi connectivity index (χ4v) is 5.80. The van der Waals surface area contributed by atoms with Crippen molar-refractivity contribution in [2.45, 2.75) is 19.4 Å². The summed E-state index contributed by atoms with van der Waals surface area (Å²) >= 11 is 0.712. The number of imide groups is 1. The summed E-state index contributed by atoms with van der Waals surface area (Å²) in [7, 11) is -3.16. The van der Waals surface area contributed by atoms with Crippen LogP contribution in [-0.2, 0) is 19.4 Å². The van der Waals surface area contributed by atoms with E-state index in [2.05, 4.69) is 0 Å². The van der Waals surface area contributed by atoms with E-state index < -0.39 is 45.3 Å². The third kappa shape index (κ3) is 4.44. The van der Waals surface area contributed by atoms with Crippen molar-refractivity contribution in [3.8, 4) is 0 Å². The molecule has 2 aliphatic rings. The first kappa shape index (κ1) is 20.5. The van der Waals surface area contributed by atoms with Gasteiger partial charge in [-0.15, -0.1) is 0 Å². The van der Waals surface area contributed by atoms with E-state index in [9.17, 15) is 27.2 Å². The molecule has 1 aromatic rings. The fraction of sp³-hybridized carbons (Fsp3) is 0.389. The smallest absolute Gasteiger partial charge is 0.294 e. The molecule has 2 saturated heterocycles. The Balaban J connectivity index is 1.71. The molecule has 150 valence electrons. The van der Waals surface area contributed by atoms with Crippen LogP contribution in [-0.4, -0.2) is 65.9 Å². The van der Waals surface area contributed by atoms with Gasteiger partial charge in [0.25, 0.3) is 11.1 Å². The van der Waals surface area contributed by atoms with Crippen LogP contribution in [0.1, 0.15) is 18.9 Å². The number of carbonyl (C=O) groups is 3. The minimum Gasteiger partial charge on any atom is -0.337 e. The van der Waals surface area contributed by atoms with E-state index in [-0.39, 0.29) is 16.4 Å². The number of rotatable bonds is 5. The van der Waals surface area contributed by atoms with Crippen LogP contribution in [0.15, 0.2) is 29.2 Å². The number of thioether (sulfide) groups is 1. The highest BCUT2D eigenvalue weighted by molar-refractivity contribution is 8.18. The Hall–Kier alpha value is -2.20. The first-order valence-corrected chi connectivity index (χ1v) is 11.3. The molecule has 0 aliphatic carbocycles. The first-order chi connectivity index (χ1) is 13.2. The topological polar surface area (TPSA) is 91.8 Å². The summed E-state index contributed by atoms with van der Waals surface area (Å²) in [5.74, 6) is -1.54. The maximum absolute atomic E-state index is 13.0. The third-order valence-electron chi connectivity index (χ3n) is 4.64. The summed E-state index contributed by atoms with van der Waals surface area (Å²) in [5, 5.41) is -0.568. The highest BCUT2D eigenvalue weighted by atomic mass is 32.2.